The van der Waals surface area contributed by atoms with Crippen molar-refractivity contribution >= 4 is 0 Å². The first-order valence-electron chi connectivity index (χ1n) is 4.81. The Hall–Kier alpha value is -0.500. The normalized spacial score (nSPS) is 25.3. The maximum absolute atomic E-state index is 5.50. The van der Waals surface area contributed by atoms with E-state index < -0.39 is 0 Å². The lowest BCUT2D eigenvalue weighted by atomic mass is 10.1. The van der Waals surface area contributed by atoms with E-state index in [2.05, 4.69) is 25.7 Å². The Morgan fingerprint density at radius 3 is 3.00 bits per heavy atom. The molecule has 1 fully saturated rings. The minimum Gasteiger partial charge on any atom is -0.384 e. The Labute approximate surface area is 75.0 Å². The Bertz CT molecular complexity index is 150. The number of ether oxygens (including phenoxy) is 1. The van der Waals surface area contributed by atoms with Gasteiger partial charge in [-0.15, -0.1) is 0 Å². The van der Waals surface area contributed by atoms with E-state index >= 15 is 0 Å². The molecule has 0 amide bonds. The quantitative estimate of drug-likeness (QED) is 0.695. The van der Waals surface area contributed by atoms with Crippen molar-refractivity contribution in [2.75, 3.05) is 6.61 Å². The van der Waals surface area contributed by atoms with Crippen molar-refractivity contribution in [3.63, 3.8) is 0 Å². The third-order valence-corrected chi connectivity index (χ3v) is 2.36. The van der Waals surface area contributed by atoms with Gasteiger partial charge >= 0.3 is 0 Å². The number of hydrogen-bond donors (Lipinski definition) is 1. The van der Waals surface area contributed by atoms with Gasteiger partial charge in [-0.2, -0.15) is 0 Å². The maximum atomic E-state index is 5.50. The van der Waals surface area contributed by atoms with Gasteiger partial charge in [0, 0.05) is 18.3 Å². The van der Waals surface area contributed by atoms with Crippen molar-refractivity contribution in [1.29, 1.82) is 0 Å². The predicted octanol–water partition coefficient (Wildman–Crippen LogP) is 2.07. The summed E-state index contributed by atoms with van der Waals surface area (Å²) in [6.45, 7) is 9.22. The van der Waals surface area contributed by atoms with Crippen molar-refractivity contribution in [2.45, 2.75) is 45.3 Å². The van der Waals surface area contributed by atoms with Gasteiger partial charge in [0.1, 0.15) is 0 Å². The molecular formula is C10H19NO. The molecule has 0 bridgehead atoms. The fraction of sp³-hybridized carbons (Fsp3) is 0.800. The first kappa shape index (κ1) is 9.59. The molecule has 1 aliphatic rings. The third kappa shape index (κ3) is 2.52. The van der Waals surface area contributed by atoms with E-state index in [1.807, 2.05) is 0 Å². The van der Waals surface area contributed by atoms with Crippen LogP contribution in [0.3, 0.4) is 0 Å². The van der Waals surface area contributed by atoms with E-state index in [1.165, 1.54) is 6.42 Å². The highest BCUT2D eigenvalue weighted by molar-refractivity contribution is 5.02. The van der Waals surface area contributed by atoms with Gasteiger partial charge in [-0.05, 0) is 26.2 Å². The predicted molar refractivity (Wildman–Crippen MR) is 51.0 cm³/mol. The van der Waals surface area contributed by atoms with Crippen molar-refractivity contribution in [3.05, 3.63) is 12.3 Å². The molecule has 2 heteroatoms. The van der Waals surface area contributed by atoms with E-state index in [4.69, 9.17) is 4.74 Å². The second kappa shape index (κ2) is 4.51. The SMILES string of the molecule is C=C(NC(C)CC)[C@H]1CCCO1. The summed E-state index contributed by atoms with van der Waals surface area (Å²) in [6, 6.07) is 0.515. The summed E-state index contributed by atoms with van der Waals surface area (Å²) in [5.41, 5.74) is 1.06. The van der Waals surface area contributed by atoms with Gasteiger partial charge in [0.15, 0.2) is 0 Å². The standard InChI is InChI=1S/C10H19NO/c1-4-8(2)11-9(3)10-6-5-7-12-10/h8,10-11H,3-7H2,1-2H3/t8?,10-/m1/s1. The van der Waals surface area contributed by atoms with E-state index in [9.17, 15) is 0 Å². The molecule has 0 spiro atoms. The second-order valence-electron chi connectivity index (χ2n) is 3.48. The zero-order valence-corrected chi connectivity index (χ0v) is 8.10. The molecule has 0 radical (unpaired) electrons. The molecule has 1 heterocycles. The van der Waals surface area contributed by atoms with Gasteiger partial charge in [-0.1, -0.05) is 13.5 Å². The van der Waals surface area contributed by atoms with E-state index in [-0.39, 0.29) is 6.10 Å². The molecule has 0 aliphatic carbocycles. The minimum atomic E-state index is 0.263. The van der Waals surface area contributed by atoms with Crippen LogP contribution >= 0.6 is 0 Å². The molecule has 0 saturated carbocycles. The molecule has 2 nitrogen and oxygen atoms in total. The largest absolute Gasteiger partial charge is 0.384 e. The maximum Gasteiger partial charge on any atom is 0.0964 e. The van der Waals surface area contributed by atoms with Gasteiger partial charge in [0.2, 0.25) is 0 Å². The van der Waals surface area contributed by atoms with Crippen LogP contribution in [-0.4, -0.2) is 18.8 Å². The lowest BCUT2D eigenvalue weighted by Crippen LogP contribution is -2.30. The van der Waals surface area contributed by atoms with Gasteiger partial charge in [-0.3, -0.25) is 0 Å². The molecular weight excluding hydrogens is 150 g/mol. The number of hydrogen-bond acceptors (Lipinski definition) is 2. The minimum absolute atomic E-state index is 0.263. The van der Waals surface area contributed by atoms with Crippen molar-refractivity contribution in [3.8, 4) is 0 Å². The first-order valence-corrected chi connectivity index (χ1v) is 4.81. The van der Waals surface area contributed by atoms with Crippen LogP contribution in [-0.2, 0) is 4.74 Å². The van der Waals surface area contributed by atoms with Crippen LogP contribution in [0, 0.1) is 0 Å². The molecule has 1 aliphatic heterocycles. The smallest absolute Gasteiger partial charge is 0.0964 e. The Balaban J connectivity index is 2.27. The van der Waals surface area contributed by atoms with Crippen LogP contribution in [0.15, 0.2) is 12.3 Å². The van der Waals surface area contributed by atoms with Gasteiger partial charge in [-0.25, -0.2) is 0 Å². The van der Waals surface area contributed by atoms with Crippen molar-refractivity contribution in [1.82, 2.24) is 5.32 Å². The third-order valence-electron chi connectivity index (χ3n) is 2.36. The topological polar surface area (TPSA) is 21.3 Å². The van der Waals surface area contributed by atoms with E-state index in [0.717, 1.165) is 25.1 Å². The lowest BCUT2D eigenvalue weighted by Gasteiger charge is -2.19. The average Bonchev–Trinajstić information content (AvgIpc) is 2.56. The van der Waals surface area contributed by atoms with Crippen molar-refractivity contribution < 1.29 is 4.74 Å². The molecule has 0 aromatic rings. The van der Waals surface area contributed by atoms with Crippen LogP contribution in [0.1, 0.15) is 33.1 Å². The fourth-order valence-corrected chi connectivity index (χ4v) is 1.36. The Kier molecular flexibility index (Phi) is 3.60. The summed E-state index contributed by atoms with van der Waals surface area (Å²) < 4.78 is 5.50. The molecule has 1 saturated heterocycles. The Morgan fingerprint density at radius 1 is 1.75 bits per heavy atom. The number of rotatable bonds is 4. The van der Waals surface area contributed by atoms with Gasteiger partial charge < -0.3 is 10.1 Å². The summed E-state index contributed by atoms with van der Waals surface area (Å²) in [5, 5.41) is 3.35. The summed E-state index contributed by atoms with van der Waals surface area (Å²) in [5.74, 6) is 0. The van der Waals surface area contributed by atoms with E-state index in [0.29, 0.717) is 6.04 Å². The lowest BCUT2D eigenvalue weighted by molar-refractivity contribution is 0.130. The molecule has 0 aromatic heterocycles. The summed E-state index contributed by atoms with van der Waals surface area (Å²) in [4.78, 5) is 0. The van der Waals surface area contributed by atoms with E-state index in [1.54, 1.807) is 0 Å². The highest BCUT2D eigenvalue weighted by atomic mass is 16.5. The fourth-order valence-electron chi connectivity index (χ4n) is 1.36. The van der Waals surface area contributed by atoms with Crippen LogP contribution < -0.4 is 5.32 Å². The molecule has 2 atom stereocenters. The summed E-state index contributed by atoms with van der Waals surface area (Å²) in [6.07, 6.45) is 3.69. The van der Waals surface area contributed by atoms with Crippen LogP contribution in [0.5, 0.6) is 0 Å². The number of nitrogens with one attached hydrogen (secondary N) is 1. The summed E-state index contributed by atoms with van der Waals surface area (Å²) in [7, 11) is 0. The molecule has 1 rings (SSSR count). The highest BCUT2D eigenvalue weighted by Gasteiger charge is 2.18. The zero-order valence-electron chi connectivity index (χ0n) is 8.10. The average molecular weight is 169 g/mol. The van der Waals surface area contributed by atoms with Crippen LogP contribution in [0.25, 0.3) is 0 Å². The van der Waals surface area contributed by atoms with Crippen molar-refractivity contribution in [2.24, 2.45) is 0 Å². The molecule has 1 unspecified atom stereocenters. The highest BCUT2D eigenvalue weighted by Crippen LogP contribution is 2.17. The van der Waals surface area contributed by atoms with Crippen LogP contribution in [0.2, 0.25) is 0 Å². The first-order chi connectivity index (χ1) is 5.74. The Morgan fingerprint density at radius 2 is 2.50 bits per heavy atom. The second-order valence-corrected chi connectivity index (χ2v) is 3.48. The van der Waals surface area contributed by atoms with Crippen LogP contribution in [0.4, 0.5) is 0 Å². The van der Waals surface area contributed by atoms with Gasteiger partial charge in [0.25, 0.3) is 0 Å². The molecule has 70 valence electrons. The summed E-state index contributed by atoms with van der Waals surface area (Å²) >= 11 is 0. The molecule has 1 N–H and O–H groups in total. The molecule has 12 heavy (non-hydrogen) atoms. The molecule has 0 aromatic carbocycles. The monoisotopic (exact) mass is 169 g/mol. The zero-order chi connectivity index (χ0) is 8.97. The van der Waals surface area contributed by atoms with Gasteiger partial charge in [0.05, 0.1) is 6.10 Å².